The van der Waals surface area contributed by atoms with Crippen molar-refractivity contribution in [3.8, 4) is 0 Å². The highest BCUT2D eigenvalue weighted by Crippen LogP contribution is 1.96. The van der Waals surface area contributed by atoms with E-state index in [-0.39, 0.29) is 0 Å². The van der Waals surface area contributed by atoms with E-state index in [9.17, 15) is 0 Å². The van der Waals surface area contributed by atoms with E-state index < -0.39 is 0 Å². The summed E-state index contributed by atoms with van der Waals surface area (Å²) >= 11 is 0. The molecule has 0 aromatic heterocycles. The van der Waals surface area contributed by atoms with Gasteiger partial charge in [0.05, 0.1) is 0 Å². The van der Waals surface area contributed by atoms with Crippen molar-refractivity contribution in [1.82, 2.24) is 5.32 Å². The van der Waals surface area contributed by atoms with Gasteiger partial charge < -0.3 is 5.32 Å². The third-order valence-corrected chi connectivity index (χ3v) is 1.56. The maximum Gasteiger partial charge on any atom is -0.00489 e. The van der Waals surface area contributed by atoms with Gasteiger partial charge >= 0.3 is 0 Å². The first-order valence-electron chi connectivity index (χ1n) is 4.41. The Morgan fingerprint density at radius 1 is 1.10 bits per heavy atom. The Hall–Kier alpha value is -0.0400. The Morgan fingerprint density at radius 3 is 2.50 bits per heavy atom. The second-order valence-electron chi connectivity index (χ2n) is 2.66. The minimum atomic E-state index is 1.01. The quantitative estimate of drug-likeness (QED) is 0.538. The molecule has 0 bridgehead atoms. The minimum Gasteiger partial charge on any atom is -0.317 e. The standard InChI is InChI=1S/C9H20N/c1-3-5-6-7-9-10-8-4-2/h10H,2-9H2,1H3. The maximum absolute atomic E-state index is 3.76. The Bertz CT molecular complexity index is 44.7. The molecule has 1 nitrogen and oxygen atoms in total. The molecule has 0 aliphatic heterocycles. The van der Waals surface area contributed by atoms with Crippen molar-refractivity contribution in [2.24, 2.45) is 0 Å². The highest BCUT2D eigenvalue weighted by Gasteiger charge is 1.85. The van der Waals surface area contributed by atoms with Gasteiger partial charge in [-0.25, -0.2) is 0 Å². The van der Waals surface area contributed by atoms with E-state index in [1.807, 2.05) is 0 Å². The number of hydrogen-bond acceptors (Lipinski definition) is 1. The Labute approximate surface area is 65.2 Å². The SMILES string of the molecule is [CH2]CCNCCCCCC. The van der Waals surface area contributed by atoms with Gasteiger partial charge in [0.2, 0.25) is 0 Å². The van der Waals surface area contributed by atoms with Crippen LogP contribution in [0.15, 0.2) is 0 Å². The molecule has 0 aromatic carbocycles. The second-order valence-corrected chi connectivity index (χ2v) is 2.66. The summed E-state index contributed by atoms with van der Waals surface area (Å²) in [6.07, 6.45) is 6.42. The summed E-state index contributed by atoms with van der Waals surface area (Å²) in [5, 5.41) is 3.33. The molecule has 0 heterocycles. The normalized spacial score (nSPS) is 10.2. The lowest BCUT2D eigenvalue weighted by atomic mass is 10.2. The Morgan fingerprint density at radius 2 is 1.90 bits per heavy atom. The third-order valence-electron chi connectivity index (χ3n) is 1.56. The zero-order valence-corrected chi connectivity index (χ0v) is 7.16. The van der Waals surface area contributed by atoms with Crippen LogP contribution in [0.3, 0.4) is 0 Å². The molecule has 0 aliphatic carbocycles. The van der Waals surface area contributed by atoms with Crippen molar-refractivity contribution in [1.29, 1.82) is 0 Å². The van der Waals surface area contributed by atoms with Gasteiger partial charge in [-0.2, -0.15) is 0 Å². The molecule has 0 amide bonds. The monoisotopic (exact) mass is 142 g/mol. The van der Waals surface area contributed by atoms with E-state index in [2.05, 4.69) is 19.2 Å². The van der Waals surface area contributed by atoms with Crippen LogP contribution in [0, 0.1) is 6.92 Å². The molecular formula is C9H20N. The van der Waals surface area contributed by atoms with Crippen LogP contribution in [0.1, 0.15) is 39.0 Å². The average molecular weight is 142 g/mol. The third kappa shape index (κ3) is 7.96. The summed E-state index contributed by atoms with van der Waals surface area (Å²) in [5.41, 5.74) is 0. The van der Waals surface area contributed by atoms with Crippen molar-refractivity contribution >= 4 is 0 Å². The largest absolute Gasteiger partial charge is 0.317 e. The van der Waals surface area contributed by atoms with Gasteiger partial charge in [0, 0.05) is 0 Å². The van der Waals surface area contributed by atoms with Crippen LogP contribution in [0.2, 0.25) is 0 Å². The van der Waals surface area contributed by atoms with Gasteiger partial charge in [0.25, 0.3) is 0 Å². The van der Waals surface area contributed by atoms with Gasteiger partial charge in [0.15, 0.2) is 0 Å². The first-order valence-corrected chi connectivity index (χ1v) is 4.41. The predicted molar refractivity (Wildman–Crippen MR) is 47.0 cm³/mol. The Balaban J connectivity index is 2.65. The molecule has 1 N–H and O–H groups in total. The van der Waals surface area contributed by atoms with Gasteiger partial charge in [-0.1, -0.05) is 33.1 Å². The van der Waals surface area contributed by atoms with E-state index in [0.717, 1.165) is 13.0 Å². The lowest BCUT2D eigenvalue weighted by Gasteiger charge is -2.00. The van der Waals surface area contributed by atoms with Gasteiger partial charge in [-0.3, -0.25) is 0 Å². The topological polar surface area (TPSA) is 12.0 Å². The van der Waals surface area contributed by atoms with Crippen molar-refractivity contribution in [3.05, 3.63) is 6.92 Å². The summed E-state index contributed by atoms with van der Waals surface area (Å²) in [4.78, 5) is 0. The zero-order valence-electron chi connectivity index (χ0n) is 7.16. The highest BCUT2D eigenvalue weighted by molar-refractivity contribution is 4.49. The first-order chi connectivity index (χ1) is 4.91. The fourth-order valence-corrected chi connectivity index (χ4v) is 0.927. The second kappa shape index (κ2) is 8.96. The molecule has 10 heavy (non-hydrogen) atoms. The molecule has 0 unspecified atom stereocenters. The fourth-order valence-electron chi connectivity index (χ4n) is 0.927. The van der Waals surface area contributed by atoms with Crippen molar-refractivity contribution in [2.75, 3.05) is 13.1 Å². The van der Waals surface area contributed by atoms with Crippen LogP contribution in [0.4, 0.5) is 0 Å². The number of nitrogens with one attached hydrogen (secondary N) is 1. The van der Waals surface area contributed by atoms with Crippen molar-refractivity contribution in [3.63, 3.8) is 0 Å². The summed E-state index contributed by atoms with van der Waals surface area (Å²) in [6, 6.07) is 0. The molecule has 0 aromatic rings. The Kier molecular flexibility index (Phi) is 8.92. The molecule has 1 radical (unpaired) electrons. The summed E-state index contributed by atoms with van der Waals surface area (Å²) < 4.78 is 0. The molecule has 0 saturated carbocycles. The fraction of sp³-hybridized carbons (Fsp3) is 0.889. The predicted octanol–water partition coefficient (Wildman–Crippen LogP) is 2.38. The molecule has 0 spiro atoms. The van der Waals surface area contributed by atoms with Crippen LogP contribution in [-0.2, 0) is 0 Å². The minimum absolute atomic E-state index is 1.01. The summed E-state index contributed by atoms with van der Waals surface area (Å²) in [5.74, 6) is 0. The molecule has 0 atom stereocenters. The van der Waals surface area contributed by atoms with Crippen LogP contribution in [0.5, 0.6) is 0 Å². The van der Waals surface area contributed by atoms with Crippen LogP contribution >= 0.6 is 0 Å². The van der Waals surface area contributed by atoms with E-state index in [0.29, 0.717) is 0 Å². The highest BCUT2D eigenvalue weighted by atomic mass is 14.8. The lowest BCUT2D eigenvalue weighted by molar-refractivity contribution is 0.601. The van der Waals surface area contributed by atoms with Crippen molar-refractivity contribution < 1.29 is 0 Å². The molecular weight excluding hydrogens is 122 g/mol. The average Bonchev–Trinajstić information content (AvgIpc) is 1.97. The lowest BCUT2D eigenvalue weighted by Crippen LogP contribution is -2.15. The van der Waals surface area contributed by atoms with Gasteiger partial charge in [-0.05, 0) is 25.9 Å². The van der Waals surface area contributed by atoms with Crippen LogP contribution in [-0.4, -0.2) is 13.1 Å². The van der Waals surface area contributed by atoms with Crippen LogP contribution < -0.4 is 5.32 Å². The van der Waals surface area contributed by atoms with Crippen molar-refractivity contribution in [2.45, 2.75) is 39.0 Å². The van der Waals surface area contributed by atoms with Crippen LogP contribution in [0.25, 0.3) is 0 Å². The zero-order chi connectivity index (χ0) is 7.66. The molecule has 61 valence electrons. The first kappa shape index (κ1) is 9.96. The van der Waals surface area contributed by atoms with Gasteiger partial charge in [-0.15, -0.1) is 0 Å². The molecule has 0 saturated heterocycles. The summed E-state index contributed by atoms with van der Waals surface area (Å²) in [6.45, 7) is 8.25. The van der Waals surface area contributed by atoms with E-state index >= 15 is 0 Å². The van der Waals surface area contributed by atoms with Gasteiger partial charge in [0.1, 0.15) is 0 Å². The van der Waals surface area contributed by atoms with E-state index in [1.165, 1.54) is 32.2 Å². The molecule has 0 aliphatic rings. The van der Waals surface area contributed by atoms with E-state index in [1.54, 1.807) is 0 Å². The number of unbranched alkanes of at least 4 members (excludes halogenated alkanes) is 3. The van der Waals surface area contributed by atoms with E-state index in [4.69, 9.17) is 0 Å². The summed E-state index contributed by atoms with van der Waals surface area (Å²) in [7, 11) is 0. The maximum atomic E-state index is 3.76. The number of hydrogen-bond donors (Lipinski definition) is 1. The molecule has 0 rings (SSSR count). The molecule has 0 fully saturated rings. The molecule has 1 heteroatoms. The smallest absolute Gasteiger partial charge is 0.00489 e. The number of rotatable bonds is 7.